The Morgan fingerprint density at radius 1 is 1.10 bits per heavy atom. The zero-order valence-electron chi connectivity index (χ0n) is 17.7. The van der Waals surface area contributed by atoms with Gasteiger partial charge in [0.25, 0.3) is 0 Å². The summed E-state index contributed by atoms with van der Waals surface area (Å²) in [5.74, 6) is 1.63. The number of benzene rings is 2. The number of hydrogen-bond acceptors (Lipinski definition) is 2. The fraction of sp³-hybridized carbons (Fsp3) is 0.333. The Morgan fingerprint density at radius 3 is 2.70 bits per heavy atom. The van der Waals surface area contributed by atoms with Crippen LogP contribution in [0.25, 0.3) is 0 Å². The molecule has 0 fully saturated rings. The summed E-state index contributed by atoms with van der Waals surface area (Å²) in [5, 5.41) is 6.64. The molecule has 2 N–H and O–H groups in total. The van der Waals surface area contributed by atoms with Gasteiger partial charge in [-0.15, -0.1) is 0 Å². The molecule has 0 bridgehead atoms. The maximum Gasteiger partial charge on any atom is 0.191 e. The fourth-order valence-corrected chi connectivity index (χ4v) is 3.36. The Morgan fingerprint density at radius 2 is 1.93 bits per heavy atom. The second-order valence-electron chi connectivity index (χ2n) is 7.22. The largest absolute Gasteiger partial charge is 0.357 e. The summed E-state index contributed by atoms with van der Waals surface area (Å²) in [6.07, 6.45) is 5.45. The molecule has 158 valence electrons. The highest BCUT2D eigenvalue weighted by Gasteiger charge is 2.05. The van der Waals surface area contributed by atoms with Gasteiger partial charge in [-0.1, -0.05) is 36.4 Å². The van der Waals surface area contributed by atoms with Crippen molar-refractivity contribution in [1.29, 1.82) is 0 Å². The normalized spacial score (nSPS) is 11.5. The second-order valence-corrected chi connectivity index (χ2v) is 7.22. The molecule has 3 rings (SSSR count). The van der Waals surface area contributed by atoms with E-state index in [1.165, 1.54) is 11.6 Å². The summed E-state index contributed by atoms with van der Waals surface area (Å²) in [6.45, 7) is 6.99. The minimum Gasteiger partial charge on any atom is -0.357 e. The van der Waals surface area contributed by atoms with Crippen LogP contribution in [0.4, 0.5) is 4.39 Å². The average molecular weight is 408 g/mol. The van der Waals surface area contributed by atoms with Crippen molar-refractivity contribution < 1.29 is 4.39 Å². The van der Waals surface area contributed by atoms with Gasteiger partial charge in [0, 0.05) is 45.0 Å². The molecular formula is C24H30FN5. The first-order chi connectivity index (χ1) is 14.7. The number of hydrogen-bond donors (Lipinski definition) is 2. The zero-order chi connectivity index (χ0) is 21.2. The van der Waals surface area contributed by atoms with Gasteiger partial charge in [-0.3, -0.25) is 4.99 Å². The van der Waals surface area contributed by atoms with E-state index in [0.29, 0.717) is 6.54 Å². The lowest BCUT2D eigenvalue weighted by molar-refractivity contribution is 0.625. The van der Waals surface area contributed by atoms with Gasteiger partial charge in [0.2, 0.25) is 0 Å². The standard InChI is InChI=1S/C24H30FN5/c1-3-26-24(28-13-11-21-9-10-22(25)17-19(21)2)29-14-12-23-27-15-16-30(23)18-20-7-5-4-6-8-20/h4-10,15-17H,3,11-14,18H2,1-2H3,(H2,26,28,29). The average Bonchev–Trinajstić information content (AvgIpc) is 3.17. The molecule has 0 aliphatic carbocycles. The van der Waals surface area contributed by atoms with Crippen LogP contribution in [0.1, 0.15) is 29.4 Å². The van der Waals surface area contributed by atoms with Crippen molar-refractivity contribution in [2.45, 2.75) is 33.2 Å². The lowest BCUT2D eigenvalue weighted by atomic mass is 10.1. The van der Waals surface area contributed by atoms with Gasteiger partial charge < -0.3 is 15.2 Å². The lowest BCUT2D eigenvalue weighted by Crippen LogP contribution is -2.38. The van der Waals surface area contributed by atoms with E-state index in [9.17, 15) is 4.39 Å². The Hall–Kier alpha value is -3.15. The molecule has 0 unspecified atom stereocenters. The topological polar surface area (TPSA) is 54.2 Å². The molecular weight excluding hydrogens is 377 g/mol. The number of aliphatic imine (C=N–C) groups is 1. The maximum absolute atomic E-state index is 13.3. The van der Waals surface area contributed by atoms with Crippen molar-refractivity contribution in [1.82, 2.24) is 20.2 Å². The number of aryl methyl sites for hydroxylation is 1. The van der Waals surface area contributed by atoms with Crippen LogP contribution in [0.3, 0.4) is 0 Å². The molecule has 0 aliphatic heterocycles. The van der Waals surface area contributed by atoms with Gasteiger partial charge in [0.15, 0.2) is 5.96 Å². The van der Waals surface area contributed by atoms with Gasteiger partial charge >= 0.3 is 0 Å². The SMILES string of the molecule is CCNC(=NCCc1nccn1Cc1ccccc1)NCCc1ccc(F)cc1C. The van der Waals surface area contributed by atoms with E-state index in [2.05, 4.69) is 49.4 Å². The van der Waals surface area contributed by atoms with Crippen molar-refractivity contribution in [3.05, 3.63) is 89.3 Å². The third-order valence-electron chi connectivity index (χ3n) is 4.94. The molecule has 0 amide bonds. The molecule has 0 saturated heterocycles. The highest BCUT2D eigenvalue weighted by atomic mass is 19.1. The van der Waals surface area contributed by atoms with E-state index < -0.39 is 0 Å². The van der Waals surface area contributed by atoms with Gasteiger partial charge in [0.05, 0.1) is 0 Å². The van der Waals surface area contributed by atoms with Crippen LogP contribution in [-0.4, -0.2) is 35.1 Å². The first-order valence-electron chi connectivity index (χ1n) is 10.5. The van der Waals surface area contributed by atoms with E-state index in [1.54, 1.807) is 6.07 Å². The Labute approximate surface area is 178 Å². The van der Waals surface area contributed by atoms with Crippen LogP contribution < -0.4 is 10.6 Å². The quantitative estimate of drug-likeness (QED) is 0.420. The molecule has 5 nitrogen and oxygen atoms in total. The third kappa shape index (κ3) is 6.44. The predicted octanol–water partition coefficient (Wildman–Crippen LogP) is 3.72. The van der Waals surface area contributed by atoms with Crippen molar-refractivity contribution >= 4 is 5.96 Å². The predicted molar refractivity (Wildman–Crippen MR) is 120 cm³/mol. The smallest absolute Gasteiger partial charge is 0.191 e. The van der Waals surface area contributed by atoms with E-state index in [4.69, 9.17) is 0 Å². The lowest BCUT2D eigenvalue weighted by Gasteiger charge is -2.12. The van der Waals surface area contributed by atoms with Crippen LogP contribution in [0.2, 0.25) is 0 Å². The molecule has 3 aromatic rings. The van der Waals surface area contributed by atoms with E-state index in [-0.39, 0.29) is 5.82 Å². The Bertz CT molecular complexity index is 949. The molecule has 30 heavy (non-hydrogen) atoms. The van der Waals surface area contributed by atoms with E-state index in [1.807, 2.05) is 38.4 Å². The number of nitrogens with one attached hydrogen (secondary N) is 2. The minimum absolute atomic E-state index is 0.190. The molecule has 0 radical (unpaired) electrons. The highest BCUT2D eigenvalue weighted by Crippen LogP contribution is 2.10. The van der Waals surface area contributed by atoms with Crippen molar-refractivity contribution in [3.63, 3.8) is 0 Å². The molecule has 2 aromatic carbocycles. The fourth-order valence-electron chi connectivity index (χ4n) is 3.36. The first-order valence-corrected chi connectivity index (χ1v) is 10.5. The Kier molecular flexibility index (Phi) is 8.01. The number of rotatable bonds is 9. The number of nitrogens with zero attached hydrogens (tertiary/aromatic N) is 3. The van der Waals surface area contributed by atoms with Crippen molar-refractivity contribution in [2.75, 3.05) is 19.6 Å². The van der Waals surface area contributed by atoms with Crippen LogP contribution in [0.5, 0.6) is 0 Å². The number of aromatic nitrogens is 2. The second kappa shape index (κ2) is 11.1. The summed E-state index contributed by atoms with van der Waals surface area (Å²) in [4.78, 5) is 9.18. The van der Waals surface area contributed by atoms with Gasteiger partial charge in [-0.2, -0.15) is 0 Å². The number of halogens is 1. The van der Waals surface area contributed by atoms with Crippen LogP contribution in [0, 0.1) is 12.7 Å². The van der Waals surface area contributed by atoms with Crippen molar-refractivity contribution in [3.8, 4) is 0 Å². The summed E-state index contributed by atoms with van der Waals surface area (Å²) in [6, 6.07) is 15.3. The summed E-state index contributed by atoms with van der Waals surface area (Å²) < 4.78 is 15.4. The first kappa shape index (κ1) is 21.6. The minimum atomic E-state index is -0.190. The molecule has 0 atom stereocenters. The van der Waals surface area contributed by atoms with Gasteiger partial charge in [-0.25, -0.2) is 9.37 Å². The monoisotopic (exact) mass is 407 g/mol. The molecule has 0 saturated carbocycles. The van der Waals surface area contributed by atoms with Gasteiger partial charge in [-0.05, 0) is 49.1 Å². The summed E-state index contributed by atoms with van der Waals surface area (Å²) in [7, 11) is 0. The third-order valence-corrected chi connectivity index (χ3v) is 4.94. The number of imidazole rings is 1. The summed E-state index contributed by atoms with van der Waals surface area (Å²) >= 11 is 0. The number of guanidine groups is 1. The van der Waals surface area contributed by atoms with E-state index in [0.717, 1.165) is 55.4 Å². The molecule has 0 spiro atoms. The van der Waals surface area contributed by atoms with Crippen molar-refractivity contribution in [2.24, 2.45) is 4.99 Å². The molecule has 6 heteroatoms. The Balaban J connectivity index is 1.52. The van der Waals surface area contributed by atoms with Crippen LogP contribution >= 0.6 is 0 Å². The van der Waals surface area contributed by atoms with Gasteiger partial charge in [0.1, 0.15) is 11.6 Å². The summed E-state index contributed by atoms with van der Waals surface area (Å²) in [5.41, 5.74) is 3.37. The molecule has 0 aliphatic rings. The van der Waals surface area contributed by atoms with Crippen LogP contribution in [0.15, 0.2) is 65.9 Å². The maximum atomic E-state index is 13.3. The van der Waals surface area contributed by atoms with Crippen LogP contribution in [-0.2, 0) is 19.4 Å². The molecule has 1 aromatic heterocycles. The zero-order valence-corrected chi connectivity index (χ0v) is 17.7. The van der Waals surface area contributed by atoms with E-state index >= 15 is 0 Å². The highest BCUT2D eigenvalue weighted by molar-refractivity contribution is 5.79. The molecule has 1 heterocycles.